The molecule has 5 nitrogen and oxygen atoms in total. The lowest BCUT2D eigenvalue weighted by Gasteiger charge is -2.27. The van der Waals surface area contributed by atoms with Gasteiger partial charge in [0.25, 0.3) is 0 Å². The fraction of sp³-hybridized carbons (Fsp3) is 0.923. The second kappa shape index (κ2) is 7.07. The molecule has 0 aromatic carbocycles. The first-order valence-corrected chi connectivity index (χ1v) is 6.75. The zero-order chi connectivity index (χ0) is 13.6. The smallest absolute Gasteiger partial charge is 0.325 e. The molecule has 18 heavy (non-hydrogen) atoms. The van der Waals surface area contributed by atoms with Crippen molar-refractivity contribution < 1.29 is 14.3 Å². The first-order chi connectivity index (χ1) is 8.45. The minimum absolute atomic E-state index is 0.249. The van der Waals surface area contributed by atoms with Gasteiger partial charge in [0.15, 0.2) is 0 Å². The Morgan fingerprint density at radius 1 is 1.61 bits per heavy atom. The van der Waals surface area contributed by atoms with Gasteiger partial charge in [-0.1, -0.05) is 0 Å². The maximum atomic E-state index is 11.7. The molecule has 0 bridgehead atoms. The predicted molar refractivity (Wildman–Crippen MR) is 70.3 cm³/mol. The highest BCUT2D eigenvalue weighted by Crippen LogP contribution is 2.12. The van der Waals surface area contributed by atoms with Crippen molar-refractivity contribution in [3.8, 4) is 0 Å². The van der Waals surface area contributed by atoms with E-state index in [4.69, 9.17) is 15.2 Å². The summed E-state index contributed by atoms with van der Waals surface area (Å²) in [4.78, 5) is 14.0. The number of hydrogen-bond acceptors (Lipinski definition) is 5. The molecule has 0 aromatic rings. The van der Waals surface area contributed by atoms with Crippen LogP contribution in [0.15, 0.2) is 0 Å². The zero-order valence-corrected chi connectivity index (χ0v) is 11.8. The topological polar surface area (TPSA) is 64.8 Å². The molecule has 0 radical (unpaired) electrons. The van der Waals surface area contributed by atoms with Crippen molar-refractivity contribution in [3.05, 3.63) is 0 Å². The quantitative estimate of drug-likeness (QED) is 0.738. The van der Waals surface area contributed by atoms with Crippen LogP contribution >= 0.6 is 0 Å². The van der Waals surface area contributed by atoms with E-state index in [0.717, 1.165) is 32.7 Å². The number of esters is 1. The molecule has 0 saturated carbocycles. The SMILES string of the molecule is CCOC(=O)C(C)(N)CCN1CCCOC(C)C1. The van der Waals surface area contributed by atoms with Crippen LogP contribution in [-0.4, -0.2) is 55.4 Å². The Hall–Kier alpha value is -0.650. The molecule has 1 aliphatic heterocycles. The molecule has 0 spiro atoms. The van der Waals surface area contributed by atoms with Gasteiger partial charge in [-0.05, 0) is 33.6 Å². The lowest BCUT2D eigenvalue weighted by Crippen LogP contribution is -2.48. The Bertz CT molecular complexity index is 269. The van der Waals surface area contributed by atoms with Crippen LogP contribution in [0, 0.1) is 0 Å². The Kier molecular flexibility index (Phi) is 6.05. The van der Waals surface area contributed by atoms with Crippen molar-refractivity contribution in [2.24, 2.45) is 5.73 Å². The fourth-order valence-electron chi connectivity index (χ4n) is 2.07. The number of ether oxygens (including phenoxy) is 2. The lowest BCUT2D eigenvalue weighted by molar-refractivity contribution is -0.149. The van der Waals surface area contributed by atoms with Crippen molar-refractivity contribution in [1.82, 2.24) is 4.90 Å². The minimum Gasteiger partial charge on any atom is -0.465 e. The summed E-state index contributed by atoms with van der Waals surface area (Å²) in [6.07, 6.45) is 1.89. The number of carbonyl (C=O) groups excluding carboxylic acids is 1. The van der Waals surface area contributed by atoms with Crippen LogP contribution < -0.4 is 5.73 Å². The van der Waals surface area contributed by atoms with E-state index in [2.05, 4.69) is 11.8 Å². The van der Waals surface area contributed by atoms with Crippen molar-refractivity contribution in [2.75, 3.05) is 32.8 Å². The van der Waals surface area contributed by atoms with Gasteiger partial charge < -0.3 is 20.1 Å². The van der Waals surface area contributed by atoms with Crippen LogP contribution in [0.3, 0.4) is 0 Å². The molecule has 1 aliphatic rings. The summed E-state index contributed by atoms with van der Waals surface area (Å²) in [6.45, 7) is 9.51. The summed E-state index contributed by atoms with van der Waals surface area (Å²) in [7, 11) is 0. The number of nitrogens with two attached hydrogens (primary N) is 1. The summed E-state index contributed by atoms with van der Waals surface area (Å²) in [5, 5.41) is 0. The van der Waals surface area contributed by atoms with Crippen LogP contribution in [0.1, 0.15) is 33.6 Å². The van der Waals surface area contributed by atoms with Crippen molar-refractivity contribution in [3.63, 3.8) is 0 Å². The first kappa shape index (κ1) is 15.4. The summed E-state index contributed by atoms with van der Waals surface area (Å²) in [5.74, 6) is -0.316. The molecule has 2 atom stereocenters. The maximum Gasteiger partial charge on any atom is 0.325 e. The number of nitrogens with zero attached hydrogens (tertiary/aromatic N) is 1. The number of carbonyl (C=O) groups is 1. The van der Waals surface area contributed by atoms with Crippen molar-refractivity contribution in [2.45, 2.75) is 45.3 Å². The van der Waals surface area contributed by atoms with E-state index in [-0.39, 0.29) is 12.1 Å². The van der Waals surface area contributed by atoms with Crippen LogP contribution in [-0.2, 0) is 14.3 Å². The normalized spacial score (nSPS) is 25.2. The molecule has 5 heteroatoms. The molecular formula is C13H26N2O3. The molecule has 106 valence electrons. The summed E-state index contributed by atoms with van der Waals surface area (Å²) >= 11 is 0. The van der Waals surface area contributed by atoms with Gasteiger partial charge in [-0.2, -0.15) is 0 Å². The Balaban J connectivity index is 2.40. The van der Waals surface area contributed by atoms with Crippen LogP contribution in [0.2, 0.25) is 0 Å². The van der Waals surface area contributed by atoms with E-state index in [0.29, 0.717) is 13.0 Å². The van der Waals surface area contributed by atoms with E-state index >= 15 is 0 Å². The minimum atomic E-state index is -0.896. The van der Waals surface area contributed by atoms with Crippen molar-refractivity contribution in [1.29, 1.82) is 0 Å². The predicted octanol–water partition coefficient (Wildman–Crippen LogP) is 0.768. The molecule has 2 N–H and O–H groups in total. The molecule has 2 unspecified atom stereocenters. The molecule has 1 heterocycles. The molecule has 1 fully saturated rings. The molecule has 0 aromatic heterocycles. The van der Waals surface area contributed by atoms with Gasteiger partial charge in [-0.25, -0.2) is 0 Å². The van der Waals surface area contributed by atoms with E-state index in [1.165, 1.54) is 0 Å². The highest BCUT2D eigenvalue weighted by Gasteiger charge is 2.30. The summed E-state index contributed by atoms with van der Waals surface area (Å²) in [6, 6.07) is 0. The van der Waals surface area contributed by atoms with Gasteiger partial charge in [0.05, 0.1) is 12.7 Å². The van der Waals surface area contributed by atoms with E-state index in [9.17, 15) is 4.79 Å². The van der Waals surface area contributed by atoms with Gasteiger partial charge in [-0.3, -0.25) is 4.79 Å². The first-order valence-electron chi connectivity index (χ1n) is 6.75. The number of rotatable bonds is 5. The molecular weight excluding hydrogens is 232 g/mol. The second-order valence-electron chi connectivity index (χ2n) is 5.22. The van der Waals surface area contributed by atoms with Gasteiger partial charge in [-0.15, -0.1) is 0 Å². The molecule has 1 saturated heterocycles. The average Bonchev–Trinajstić information content (AvgIpc) is 2.51. The largest absolute Gasteiger partial charge is 0.465 e. The second-order valence-corrected chi connectivity index (χ2v) is 5.22. The highest BCUT2D eigenvalue weighted by molar-refractivity contribution is 5.79. The molecule has 0 aliphatic carbocycles. The maximum absolute atomic E-state index is 11.7. The van der Waals surface area contributed by atoms with Gasteiger partial charge in [0.2, 0.25) is 0 Å². The van der Waals surface area contributed by atoms with Crippen LogP contribution in [0.25, 0.3) is 0 Å². The van der Waals surface area contributed by atoms with E-state index in [1.54, 1.807) is 13.8 Å². The third-order valence-corrected chi connectivity index (χ3v) is 3.23. The number of hydrogen-bond donors (Lipinski definition) is 1. The van der Waals surface area contributed by atoms with E-state index < -0.39 is 5.54 Å². The standard InChI is InChI=1S/C13H26N2O3/c1-4-17-12(16)13(3,14)6-8-15-7-5-9-18-11(2)10-15/h11H,4-10,14H2,1-3H3. The third-order valence-electron chi connectivity index (χ3n) is 3.23. The van der Waals surface area contributed by atoms with Crippen LogP contribution in [0.4, 0.5) is 0 Å². The zero-order valence-electron chi connectivity index (χ0n) is 11.8. The average molecular weight is 258 g/mol. The third kappa shape index (κ3) is 4.92. The highest BCUT2D eigenvalue weighted by atomic mass is 16.5. The lowest BCUT2D eigenvalue weighted by atomic mass is 9.99. The van der Waals surface area contributed by atoms with E-state index in [1.807, 2.05) is 0 Å². The van der Waals surface area contributed by atoms with Gasteiger partial charge in [0, 0.05) is 26.2 Å². The summed E-state index contributed by atoms with van der Waals surface area (Å²) in [5.41, 5.74) is 5.11. The van der Waals surface area contributed by atoms with Crippen LogP contribution in [0.5, 0.6) is 0 Å². The monoisotopic (exact) mass is 258 g/mol. The molecule has 0 amide bonds. The fourth-order valence-corrected chi connectivity index (χ4v) is 2.07. The Morgan fingerprint density at radius 2 is 2.33 bits per heavy atom. The Labute approximate surface area is 110 Å². The Morgan fingerprint density at radius 3 is 3.00 bits per heavy atom. The molecule has 1 rings (SSSR count). The van der Waals surface area contributed by atoms with Gasteiger partial charge >= 0.3 is 5.97 Å². The van der Waals surface area contributed by atoms with Gasteiger partial charge in [0.1, 0.15) is 5.54 Å². The van der Waals surface area contributed by atoms with Crippen molar-refractivity contribution >= 4 is 5.97 Å². The summed E-state index contributed by atoms with van der Waals surface area (Å²) < 4.78 is 10.6.